The Kier molecular flexibility index (Phi) is 6.79. The van der Waals surface area contributed by atoms with Gasteiger partial charge in [0.05, 0.1) is 0 Å². The maximum atomic E-state index is 11.7. The van der Waals surface area contributed by atoms with E-state index in [0.29, 0.717) is 18.1 Å². The van der Waals surface area contributed by atoms with Gasteiger partial charge in [0.2, 0.25) is 0 Å². The van der Waals surface area contributed by atoms with Crippen molar-refractivity contribution >= 4 is 16.8 Å². The van der Waals surface area contributed by atoms with Gasteiger partial charge in [-0.1, -0.05) is 33.6 Å². The van der Waals surface area contributed by atoms with Crippen molar-refractivity contribution in [1.82, 2.24) is 0 Å². The van der Waals surface area contributed by atoms with Crippen LogP contribution in [0.4, 0.5) is 0 Å². The molecule has 0 aliphatic heterocycles. The summed E-state index contributed by atoms with van der Waals surface area (Å²) in [4.78, 5) is 10.8. The summed E-state index contributed by atoms with van der Waals surface area (Å²) in [5.74, 6) is -0.0731. The van der Waals surface area contributed by atoms with Crippen molar-refractivity contribution < 1.29 is 14.1 Å². The summed E-state index contributed by atoms with van der Waals surface area (Å²) >= 11 is 0. The van der Waals surface area contributed by atoms with E-state index in [1.165, 1.54) is 0 Å². The molecule has 0 radical (unpaired) electrons. The fourth-order valence-corrected chi connectivity index (χ4v) is 2.90. The van der Waals surface area contributed by atoms with Gasteiger partial charge in [-0.05, 0) is 12.3 Å². The Hall–Kier alpha value is -0.380. The number of aliphatic carboxylic acids is 1. The van der Waals surface area contributed by atoms with Crippen LogP contribution in [0.2, 0.25) is 0 Å². The van der Waals surface area contributed by atoms with Crippen LogP contribution in [0.5, 0.6) is 0 Å². The van der Waals surface area contributed by atoms with Gasteiger partial charge in [0, 0.05) is 16.6 Å². The number of carboxylic acid groups (broad SMARTS) is 1. The van der Waals surface area contributed by atoms with Gasteiger partial charge < -0.3 is 5.11 Å². The van der Waals surface area contributed by atoms with E-state index in [9.17, 15) is 9.00 Å². The van der Waals surface area contributed by atoms with E-state index in [-0.39, 0.29) is 0 Å². The van der Waals surface area contributed by atoms with Crippen LogP contribution in [0.1, 0.15) is 40.0 Å². The van der Waals surface area contributed by atoms with Crippen LogP contribution in [0.15, 0.2) is 0 Å². The van der Waals surface area contributed by atoms with Gasteiger partial charge in [0.1, 0.15) is 5.25 Å². The zero-order chi connectivity index (χ0) is 11.1. The Bertz CT molecular complexity index is 204. The van der Waals surface area contributed by atoms with E-state index in [1.807, 2.05) is 20.8 Å². The number of hydrogen-bond acceptors (Lipinski definition) is 2. The highest BCUT2D eigenvalue weighted by Gasteiger charge is 2.24. The van der Waals surface area contributed by atoms with E-state index in [2.05, 4.69) is 0 Å². The third-order valence-electron chi connectivity index (χ3n) is 2.29. The minimum Gasteiger partial charge on any atom is -0.480 e. The Morgan fingerprint density at radius 1 is 1.43 bits per heavy atom. The lowest BCUT2D eigenvalue weighted by molar-refractivity contribution is -0.136. The molecular weight excluding hydrogens is 200 g/mol. The molecule has 84 valence electrons. The summed E-state index contributed by atoms with van der Waals surface area (Å²) in [5.41, 5.74) is 0. The normalized spacial score (nSPS) is 17.4. The molecule has 3 atom stereocenters. The molecule has 0 aromatic rings. The van der Waals surface area contributed by atoms with Crippen LogP contribution >= 0.6 is 0 Å². The van der Waals surface area contributed by atoms with Crippen molar-refractivity contribution in [2.45, 2.75) is 45.3 Å². The van der Waals surface area contributed by atoms with Crippen LogP contribution in [-0.2, 0) is 15.6 Å². The average Bonchev–Trinajstić information content (AvgIpc) is 2.13. The third-order valence-corrected chi connectivity index (χ3v) is 4.26. The quantitative estimate of drug-likeness (QED) is 0.714. The monoisotopic (exact) mass is 220 g/mol. The third kappa shape index (κ3) is 4.74. The highest BCUT2D eigenvalue weighted by molar-refractivity contribution is 7.86. The van der Waals surface area contributed by atoms with E-state index in [4.69, 9.17) is 5.11 Å². The molecule has 4 heteroatoms. The lowest BCUT2D eigenvalue weighted by Crippen LogP contribution is -2.28. The molecule has 0 aromatic carbocycles. The first-order chi connectivity index (χ1) is 6.52. The second-order valence-corrected chi connectivity index (χ2v) is 5.34. The Morgan fingerprint density at radius 2 is 2.00 bits per heavy atom. The molecule has 0 aliphatic carbocycles. The number of rotatable bonds is 7. The molecule has 3 unspecified atom stereocenters. The van der Waals surface area contributed by atoms with E-state index in [1.54, 1.807) is 0 Å². The molecule has 0 aromatic heterocycles. The Balaban J connectivity index is 4.22. The second kappa shape index (κ2) is 6.98. The van der Waals surface area contributed by atoms with Gasteiger partial charge >= 0.3 is 5.97 Å². The summed E-state index contributed by atoms with van der Waals surface area (Å²) in [6.07, 6.45) is 2.23. The topological polar surface area (TPSA) is 54.4 Å². The average molecular weight is 220 g/mol. The van der Waals surface area contributed by atoms with E-state index in [0.717, 1.165) is 12.8 Å². The van der Waals surface area contributed by atoms with Gasteiger partial charge in [0.15, 0.2) is 0 Å². The minimum absolute atomic E-state index is 0.342. The minimum atomic E-state index is -1.22. The molecule has 0 bridgehead atoms. The van der Waals surface area contributed by atoms with Crippen molar-refractivity contribution in [1.29, 1.82) is 0 Å². The smallest absolute Gasteiger partial charge is 0.319 e. The second-order valence-electron chi connectivity index (χ2n) is 3.68. The predicted molar refractivity (Wildman–Crippen MR) is 58.8 cm³/mol. The SMILES string of the molecule is CCCC(C(=O)O)S(=O)CC(C)CC. The zero-order valence-corrected chi connectivity index (χ0v) is 9.97. The van der Waals surface area contributed by atoms with Crippen LogP contribution in [0.3, 0.4) is 0 Å². The van der Waals surface area contributed by atoms with Crippen molar-refractivity contribution in [3.8, 4) is 0 Å². The lowest BCUT2D eigenvalue weighted by Gasteiger charge is -2.13. The molecule has 0 heterocycles. The molecule has 0 aliphatic rings. The summed E-state index contributed by atoms with van der Waals surface area (Å²) in [6.45, 7) is 5.94. The molecule has 0 fully saturated rings. The molecule has 0 spiro atoms. The highest BCUT2D eigenvalue weighted by Crippen LogP contribution is 2.11. The van der Waals surface area contributed by atoms with Gasteiger partial charge in [0.25, 0.3) is 0 Å². The van der Waals surface area contributed by atoms with Gasteiger partial charge in [-0.15, -0.1) is 0 Å². The standard InChI is InChI=1S/C10H20O3S/c1-4-6-9(10(11)12)14(13)7-8(3)5-2/h8-9H,4-7H2,1-3H3,(H,11,12). The first kappa shape index (κ1) is 13.6. The van der Waals surface area contributed by atoms with Crippen LogP contribution in [-0.4, -0.2) is 26.3 Å². The largest absolute Gasteiger partial charge is 0.480 e. The first-order valence-electron chi connectivity index (χ1n) is 5.12. The molecule has 0 amide bonds. The first-order valence-corrected chi connectivity index (χ1v) is 6.51. The number of hydrogen-bond donors (Lipinski definition) is 1. The fourth-order valence-electron chi connectivity index (χ4n) is 1.14. The Labute approximate surface area is 88.4 Å². The van der Waals surface area contributed by atoms with Crippen LogP contribution < -0.4 is 0 Å². The number of carboxylic acids is 1. The van der Waals surface area contributed by atoms with Gasteiger partial charge in [-0.25, -0.2) is 0 Å². The summed E-state index contributed by atoms with van der Waals surface area (Å²) in [5, 5.41) is 8.20. The van der Waals surface area contributed by atoms with Crippen LogP contribution in [0.25, 0.3) is 0 Å². The maximum absolute atomic E-state index is 11.7. The predicted octanol–water partition coefficient (Wildman–Crippen LogP) is 2.03. The zero-order valence-electron chi connectivity index (χ0n) is 9.16. The van der Waals surface area contributed by atoms with Gasteiger partial charge in [-0.2, -0.15) is 0 Å². The Morgan fingerprint density at radius 3 is 2.36 bits per heavy atom. The molecule has 14 heavy (non-hydrogen) atoms. The maximum Gasteiger partial charge on any atom is 0.319 e. The summed E-state index contributed by atoms with van der Waals surface area (Å²) in [7, 11) is -1.22. The van der Waals surface area contributed by atoms with Crippen molar-refractivity contribution in [2.24, 2.45) is 5.92 Å². The number of carbonyl (C=O) groups is 1. The van der Waals surface area contributed by atoms with Crippen molar-refractivity contribution in [3.05, 3.63) is 0 Å². The molecule has 0 saturated carbocycles. The van der Waals surface area contributed by atoms with E-state index < -0.39 is 22.0 Å². The van der Waals surface area contributed by atoms with Gasteiger partial charge in [-0.3, -0.25) is 9.00 Å². The molecular formula is C10H20O3S. The van der Waals surface area contributed by atoms with Crippen molar-refractivity contribution in [2.75, 3.05) is 5.75 Å². The molecule has 3 nitrogen and oxygen atoms in total. The van der Waals surface area contributed by atoms with Crippen LogP contribution in [0, 0.1) is 5.92 Å². The lowest BCUT2D eigenvalue weighted by atomic mass is 10.2. The van der Waals surface area contributed by atoms with E-state index >= 15 is 0 Å². The molecule has 0 saturated heterocycles. The summed E-state index contributed by atoms with van der Waals surface area (Å²) in [6, 6.07) is 0. The fraction of sp³-hybridized carbons (Fsp3) is 0.900. The highest BCUT2D eigenvalue weighted by atomic mass is 32.2. The summed E-state index contributed by atoms with van der Waals surface area (Å²) < 4.78 is 11.7. The van der Waals surface area contributed by atoms with Crippen molar-refractivity contribution in [3.63, 3.8) is 0 Å². The molecule has 0 rings (SSSR count). The molecule has 1 N–H and O–H groups in total.